The van der Waals surface area contributed by atoms with Gasteiger partial charge in [-0.25, -0.2) is 0 Å². The number of hydrogen-bond donors (Lipinski definition) is 3. The minimum Gasteiger partial charge on any atom is -0.409 e. The van der Waals surface area contributed by atoms with Crippen molar-refractivity contribution in [3.8, 4) is 0 Å². The summed E-state index contributed by atoms with van der Waals surface area (Å²) in [5, 5.41) is 14.4. The standard InChI is InChI=1S/C12H20F3N3O3/c13-12(14,15)8-21-7-9(19)17-11(10(16)18-20)5-3-1-2-4-6-11/h20H,1-8H2,(H2,16,18)(H,17,19). The highest BCUT2D eigenvalue weighted by atomic mass is 19.4. The third kappa shape index (κ3) is 5.78. The number of amides is 1. The Kier molecular flexibility index (Phi) is 6.25. The molecule has 0 atom stereocenters. The van der Waals surface area contributed by atoms with Gasteiger partial charge in [0.1, 0.15) is 18.8 Å². The van der Waals surface area contributed by atoms with Crippen LogP contribution in [0.2, 0.25) is 0 Å². The molecule has 0 aromatic heterocycles. The van der Waals surface area contributed by atoms with E-state index in [1.807, 2.05) is 0 Å². The maximum Gasteiger partial charge on any atom is 0.411 e. The van der Waals surface area contributed by atoms with Crippen LogP contribution in [0.4, 0.5) is 13.2 Å². The third-order valence-corrected chi connectivity index (χ3v) is 3.43. The first-order valence-electron chi connectivity index (χ1n) is 6.72. The zero-order chi connectivity index (χ0) is 15.9. The first kappa shape index (κ1) is 17.5. The van der Waals surface area contributed by atoms with Gasteiger partial charge in [0.2, 0.25) is 5.91 Å². The van der Waals surface area contributed by atoms with Crippen LogP contribution in [-0.4, -0.2) is 41.9 Å². The zero-order valence-electron chi connectivity index (χ0n) is 11.6. The van der Waals surface area contributed by atoms with Gasteiger partial charge in [0.15, 0.2) is 5.84 Å². The molecule has 122 valence electrons. The first-order chi connectivity index (χ1) is 9.79. The lowest BCUT2D eigenvalue weighted by atomic mass is 9.88. The Morgan fingerprint density at radius 2 is 1.86 bits per heavy atom. The normalized spacial score (nSPS) is 19.9. The van der Waals surface area contributed by atoms with E-state index in [-0.39, 0.29) is 5.84 Å². The maximum absolute atomic E-state index is 11.9. The van der Waals surface area contributed by atoms with Crippen LogP contribution in [0.1, 0.15) is 38.5 Å². The molecule has 0 aromatic carbocycles. The van der Waals surface area contributed by atoms with E-state index in [0.29, 0.717) is 12.8 Å². The Labute approximate surface area is 120 Å². The maximum atomic E-state index is 11.9. The summed E-state index contributed by atoms with van der Waals surface area (Å²) in [6.07, 6.45) is -0.0463. The predicted octanol–water partition coefficient (Wildman–Crippen LogP) is 1.52. The Morgan fingerprint density at radius 1 is 1.29 bits per heavy atom. The Balaban J connectivity index is 2.62. The monoisotopic (exact) mass is 311 g/mol. The van der Waals surface area contributed by atoms with Crippen molar-refractivity contribution in [3.63, 3.8) is 0 Å². The number of halogens is 3. The third-order valence-electron chi connectivity index (χ3n) is 3.43. The van der Waals surface area contributed by atoms with Crippen molar-refractivity contribution in [2.75, 3.05) is 13.2 Å². The minimum atomic E-state index is -4.48. The fourth-order valence-corrected chi connectivity index (χ4v) is 2.44. The van der Waals surface area contributed by atoms with Crippen LogP contribution in [0.25, 0.3) is 0 Å². The van der Waals surface area contributed by atoms with Crippen molar-refractivity contribution in [3.05, 3.63) is 0 Å². The number of amidine groups is 1. The lowest BCUT2D eigenvalue weighted by molar-refractivity contribution is -0.175. The molecule has 9 heteroatoms. The number of oxime groups is 1. The van der Waals surface area contributed by atoms with Crippen LogP contribution < -0.4 is 11.1 Å². The molecule has 0 bridgehead atoms. The van der Waals surface area contributed by atoms with Crippen LogP contribution in [0.5, 0.6) is 0 Å². The average molecular weight is 311 g/mol. The van der Waals surface area contributed by atoms with Gasteiger partial charge < -0.3 is 21.0 Å². The van der Waals surface area contributed by atoms with Crippen molar-refractivity contribution < 1.29 is 27.9 Å². The lowest BCUT2D eigenvalue weighted by Gasteiger charge is -2.32. The Bertz CT molecular complexity index is 378. The molecule has 4 N–H and O–H groups in total. The molecule has 1 rings (SSSR count). The molecule has 1 aliphatic rings. The van der Waals surface area contributed by atoms with Gasteiger partial charge in [-0.15, -0.1) is 0 Å². The zero-order valence-corrected chi connectivity index (χ0v) is 11.6. The number of nitrogens with zero attached hydrogens (tertiary/aromatic N) is 1. The number of ether oxygens (including phenoxy) is 1. The molecule has 0 unspecified atom stereocenters. The van der Waals surface area contributed by atoms with E-state index in [1.165, 1.54) is 0 Å². The van der Waals surface area contributed by atoms with E-state index in [2.05, 4.69) is 15.2 Å². The number of alkyl halides is 3. The molecule has 1 amide bonds. The summed E-state index contributed by atoms with van der Waals surface area (Å²) in [4.78, 5) is 11.7. The van der Waals surface area contributed by atoms with E-state index in [1.54, 1.807) is 0 Å². The molecular formula is C12H20F3N3O3. The molecule has 21 heavy (non-hydrogen) atoms. The summed E-state index contributed by atoms with van der Waals surface area (Å²) in [6.45, 7) is -2.21. The highest BCUT2D eigenvalue weighted by Crippen LogP contribution is 2.27. The molecule has 0 heterocycles. The van der Waals surface area contributed by atoms with Gasteiger partial charge in [-0.1, -0.05) is 30.8 Å². The summed E-state index contributed by atoms with van der Waals surface area (Å²) in [5.74, 6) is -0.846. The second-order valence-corrected chi connectivity index (χ2v) is 5.14. The fraction of sp³-hybridized carbons (Fsp3) is 0.833. The van der Waals surface area contributed by atoms with Gasteiger partial charge in [0.05, 0.1) is 0 Å². The smallest absolute Gasteiger partial charge is 0.409 e. The molecule has 1 aliphatic carbocycles. The van der Waals surface area contributed by atoms with Gasteiger partial charge in [-0.05, 0) is 12.8 Å². The van der Waals surface area contributed by atoms with Crippen molar-refractivity contribution in [2.24, 2.45) is 10.9 Å². The topological polar surface area (TPSA) is 96.9 Å². The number of rotatable bonds is 5. The number of nitrogens with two attached hydrogens (primary N) is 1. The number of carbonyl (C=O) groups is 1. The van der Waals surface area contributed by atoms with E-state index >= 15 is 0 Å². The minimum absolute atomic E-state index is 0.131. The quantitative estimate of drug-likeness (QED) is 0.236. The van der Waals surface area contributed by atoms with Crippen LogP contribution >= 0.6 is 0 Å². The van der Waals surface area contributed by atoms with Crippen LogP contribution in [0.15, 0.2) is 5.16 Å². The van der Waals surface area contributed by atoms with Gasteiger partial charge in [0, 0.05) is 0 Å². The molecule has 0 saturated heterocycles. The molecule has 0 aromatic rings. The molecule has 0 aliphatic heterocycles. The predicted molar refractivity (Wildman–Crippen MR) is 68.9 cm³/mol. The summed E-state index contributed by atoms with van der Waals surface area (Å²) in [7, 11) is 0. The number of carbonyl (C=O) groups excluding carboxylic acids is 1. The van der Waals surface area contributed by atoms with Gasteiger partial charge in [-0.2, -0.15) is 13.2 Å². The number of hydrogen-bond acceptors (Lipinski definition) is 4. The van der Waals surface area contributed by atoms with E-state index < -0.39 is 30.8 Å². The number of nitrogens with one attached hydrogen (secondary N) is 1. The molecule has 1 fully saturated rings. The van der Waals surface area contributed by atoms with Gasteiger partial charge in [-0.3, -0.25) is 4.79 Å². The van der Waals surface area contributed by atoms with E-state index in [4.69, 9.17) is 10.9 Å². The highest BCUT2D eigenvalue weighted by molar-refractivity contribution is 5.94. The largest absolute Gasteiger partial charge is 0.411 e. The summed E-state index contributed by atoms with van der Waals surface area (Å²) >= 11 is 0. The van der Waals surface area contributed by atoms with E-state index in [0.717, 1.165) is 25.7 Å². The van der Waals surface area contributed by atoms with Crippen molar-refractivity contribution in [2.45, 2.75) is 50.2 Å². The van der Waals surface area contributed by atoms with Crippen molar-refractivity contribution >= 4 is 11.7 Å². The summed E-state index contributed by atoms with van der Waals surface area (Å²) in [5.41, 5.74) is 4.65. The molecule has 0 spiro atoms. The van der Waals surface area contributed by atoms with Gasteiger partial charge in [0.25, 0.3) is 0 Å². The molecule has 0 radical (unpaired) electrons. The van der Waals surface area contributed by atoms with Crippen molar-refractivity contribution in [1.29, 1.82) is 0 Å². The Morgan fingerprint density at radius 3 is 2.33 bits per heavy atom. The molecular weight excluding hydrogens is 291 g/mol. The van der Waals surface area contributed by atoms with Crippen LogP contribution in [0, 0.1) is 0 Å². The van der Waals surface area contributed by atoms with Crippen molar-refractivity contribution in [1.82, 2.24) is 5.32 Å². The second-order valence-electron chi connectivity index (χ2n) is 5.14. The van der Waals surface area contributed by atoms with Crippen LogP contribution in [0.3, 0.4) is 0 Å². The fourth-order valence-electron chi connectivity index (χ4n) is 2.44. The summed E-state index contributed by atoms with van der Waals surface area (Å²) in [6, 6.07) is 0. The van der Waals surface area contributed by atoms with E-state index in [9.17, 15) is 18.0 Å². The lowest BCUT2D eigenvalue weighted by Crippen LogP contribution is -2.58. The second kappa shape index (κ2) is 7.48. The summed E-state index contributed by atoms with van der Waals surface area (Å²) < 4.78 is 40.2. The van der Waals surface area contributed by atoms with Crippen LogP contribution in [-0.2, 0) is 9.53 Å². The van der Waals surface area contributed by atoms with Gasteiger partial charge >= 0.3 is 6.18 Å². The molecule has 6 nitrogen and oxygen atoms in total. The Hall–Kier alpha value is -1.51. The first-order valence-corrected chi connectivity index (χ1v) is 6.72. The molecule has 1 saturated carbocycles. The highest BCUT2D eigenvalue weighted by Gasteiger charge is 2.37. The average Bonchev–Trinajstić information content (AvgIpc) is 2.62. The SMILES string of the molecule is NC(=NO)C1(NC(=O)COCC(F)(F)F)CCCCCC1.